The fraction of sp³-hybridized carbons (Fsp3) is 0.0667. The van der Waals surface area contributed by atoms with Gasteiger partial charge in [-0.2, -0.15) is 0 Å². The second-order valence-electron chi connectivity index (χ2n) is 3.80. The fourth-order valence-corrected chi connectivity index (χ4v) is 2.79. The van der Waals surface area contributed by atoms with Crippen molar-refractivity contribution in [2.45, 2.75) is 0 Å². The third-order valence-corrected chi connectivity index (χ3v) is 3.63. The van der Waals surface area contributed by atoms with Crippen LogP contribution in [-0.4, -0.2) is 5.94 Å². The molecule has 0 radical (unpaired) electrons. The molecule has 0 amide bonds. The summed E-state index contributed by atoms with van der Waals surface area (Å²) in [5.41, 5.74) is 2.38. The Labute approximate surface area is 105 Å². The van der Waals surface area contributed by atoms with Crippen molar-refractivity contribution in [1.29, 1.82) is 0 Å². The maximum atomic E-state index is 5.75. The predicted octanol–water partition coefficient (Wildman–Crippen LogP) is 4.23. The van der Waals surface area contributed by atoms with Crippen LogP contribution in [0.1, 0.15) is 11.1 Å². The van der Waals surface area contributed by atoms with Crippen molar-refractivity contribution in [1.82, 2.24) is 0 Å². The van der Waals surface area contributed by atoms with Crippen molar-refractivity contribution in [2.24, 2.45) is 0 Å². The SMILES string of the molecule is c1ccc(C2=C(c3ccccc3)SCO2)cc1. The van der Waals surface area contributed by atoms with Gasteiger partial charge in [0.1, 0.15) is 11.7 Å². The van der Waals surface area contributed by atoms with Gasteiger partial charge in [0, 0.05) is 5.56 Å². The standard InChI is InChI=1S/C15H12OS/c1-3-7-12(8-4-1)14-15(17-11-16-14)13-9-5-2-6-10-13/h1-10H,11H2. The highest BCUT2D eigenvalue weighted by Crippen LogP contribution is 2.41. The quantitative estimate of drug-likeness (QED) is 0.776. The molecule has 0 N–H and O–H groups in total. The lowest BCUT2D eigenvalue weighted by Gasteiger charge is -2.05. The molecule has 0 fully saturated rings. The monoisotopic (exact) mass is 240 g/mol. The summed E-state index contributed by atoms with van der Waals surface area (Å²) >= 11 is 1.76. The minimum absolute atomic E-state index is 0.703. The van der Waals surface area contributed by atoms with Gasteiger partial charge < -0.3 is 4.74 Å². The molecule has 1 aliphatic heterocycles. The summed E-state index contributed by atoms with van der Waals surface area (Å²) in [7, 11) is 0. The lowest BCUT2D eigenvalue weighted by molar-refractivity contribution is 0.357. The first-order valence-electron chi connectivity index (χ1n) is 5.56. The molecule has 0 aliphatic carbocycles. The van der Waals surface area contributed by atoms with Crippen molar-refractivity contribution < 1.29 is 4.74 Å². The third kappa shape index (κ3) is 2.08. The molecular weight excluding hydrogens is 228 g/mol. The van der Waals surface area contributed by atoms with E-state index < -0.39 is 0 Å². The third-order valence-electron chi connectivity index (χ3n) is 2.68. The number of ether oxygens (including phenoxy) is 1. The van der Waals surface area contributed by atoms with Crippen LogP contribution in [0.2, 0.25) is 0 Å². The Morgan fingerprint density at radius 1 is 0.765 bits per heavy atom. The van der Waals surface area contributed by atoms with Crippen LogP contribution in [0.5, 0.6) is 0 Å². The highest BCUT2D eigenvalue weighted by molar-refractivity contribution is 8.08. The van der Waals surface area contributed by atoms with Gasteiger partial charge >= 0.3 is 0 Å². The number of hydrogen-bond acceptors (Lipinski definition) is 2. The van der Waals surface area contributed by atoms with E-state index in [0.717, 1.165) is 11.3 Å². The van der Waals surface area contributed by atoms with E-state index in [9.17, 15) is 0 Å². The highest BCUT2D eigenvalue weighted by Gasteiger charge is 2.19. The summed E-state index contributed by atoms with van der Waals surface area (Å²) in [5, 5.41) is 0. The molecule has 84 valence electrons. The van der Waals surface area contributed by atoms with E-state index in [1.54, 1.807) is 11.8 Å². The molecule has 0 saturated carbocycles. The van der Waals surface area contributed by atoms with E-state index in [-0.39, 0.29) is 0 Å². The Balaban J connectivity index is 2.08. The van der Waals surface area contributed by atoms with Crippen LogP contribution < -0.4 is 0 Å². The van der Waals surface area contributed by atoms with E-state index in [4.69, 9.17) is 4.74 Å². The fourth-order valence-electron chi connectivity index (χ4n) is 1.89. The van der Waals surface area contributed by atoms with Crippen LogP contribution in [0.3, 0.4) is 0 Å². The van der Waals surface area contributed by atoms with Crippen LogP contribution >= 0.6 is 11.8 Å². The molecule has 2 aromatic rings. The van der Waals surface area contributed by atoms with Gasteiger partial charge in [0.15, 0.2) is 0 Å². The van der Waals surface area contributed by atoms with Crippen molar-refractivity contribution in [3.63, 3.8) is 0 Å². The average Bonchev–Trinajstić information content (AvgIpc) is 2.90. The van der Waals surface area contributed by atoms with Gasteiger partial charge in [-0.1, -0.05) is 72.4 Å². The van der Waals surface area contributed by atoms with Crippen LogP contribution in [0.15, 0.2) is 60.7 Å². The summed E-state index contributed by atoms with van der Waals surface area (Å²) in [5.74, 6) is 1.70. The minimum Gasteiger partial charge on any atom is -0.481 e. The van der Waals surface area contributed by atoms with Gasteiger partial charge in [0.25, 0.3) is 0 Å². The summed E-state index contributed by atoms with van der Waals surface area (Å²) < 4.78 is 5.75. The van der Waals surface area contributed by atoms with Gasteiger partial charge in [-0.15, -0.1) is 0 Å². The summed E-state index contributed by atoms with van der Waals surface area (Å²) in [6.45, 7) is 0. The Morgan fingerprint density at radius 2 is 1.35 bits per heavy atom. The zero-order valence-electron chi connectivity index (χ0n) is 9.30. The first-order valence-corrected chi connectivity index (χ1v) is 6.54. The minimum atomic E-state index is 0.703. The molecular formula is C15H12OS. The smallest absolute Gasteiger partial charge is 0.142 e. The zero-order chi connectivity index (χ0) is 11.5. The summed E-state index contributed by atoms with van der Waals surface area (Å²) in [6.07, 6.45) is 0. The van der Waals surface area contributed by atoms with Crippen LogP contribution in [-0.2, 0) is 4.74 Å². The topological polar surface area (TPSA) is 9.23 Å². The van der Waals surface area contributed by atoms with E-state index in [1.807, 2.05) is 24.3 Å². The summed E-state index contributed by atoms with van der Waals surface area (Å²) in [6, 6.07) is 20.7. The second kappa shape index (κ2) is 4.68. The first kappa shape index (κ1) is 10.5. The Bertz CT molecular complexity index is 482. The summed E-state index contributed by atoms with van der Waals surface area (Å²) in [4.78, 5) is 1.23. The zero-order valence-corrected chi connectivity index (χ0v) is 10.1. The normalized spacial score (nSPS) is 14.8. The molecule has 1 aliphatic rings. The largest absolute Gasteiger partial charge is 0.481 e. The van der Waals surface area contributed by atoms with Crippen molar-refractivity contribution >= 4 is 22.4 Å². The lowest BCUT2D eigenvalue weighted by atomic mass is 10.1. The molecule has 0 aromatic heterocycles. The Hall–Kier alpha value is -1.67. The van der Waals surface area contributed by atoms with Crippen LogP contribution in [0.25, 0.3) is 10.7 Å². The van der Waals surface area contributed by atoms with E-state index >= 15 is 0 Å². The number of benzene rings is 2. The Kier molecular flexibility index (Phi) is 2.88. The number of hydrogen-bond donors (Lipinski definition) is 0. The predicted molar refractivity (Wildman–Crippen MR) is 73.2 cm³/mol. The number of thioether (sulfide) groups is 1. The van der Waals surface area contributed by atoms with E-state index in [0.29, 0.717) is 5.94 Å². The number of rotatable bonds is 2. The molecule has 1 nitrogen and oxygen atoms in total. The molecule has 0 unspecified atom stereocenters. The van der Waals surface area contributed by atoms with Crippen molar-refractivity contribution in [2.75, 3.05) is 5.94 Å². The average molecular weight is 240 g/mol. The molecule has 0 spiro atoms. The molecule has 3 rings (SSSR count). The van der Waals surface area contributed by atoms with Gasteiger partial charge in [-0.25, -0.2) is 0 Å². The highest BCUT2D eigenvalue weighted by atomic mass is 32.2. The van der Waals surface area contributed by atoms with Gasteiger partial charge in [0.2, 0.25) is 0 Å². The molecule has 2 heteroatoms. The maximum Gasteiger partial charge on any atom is 0.142 e. The first-order chi connectivity index (χ1) is 8.45. The molecule has 0 saturated heterocycles. The maximum absolute atomic E-state index is 5.75. The van der Waals surface area contributed by atoms with Crippen LogP contribution in [0.4, 0.5) is 0 Å². The van der Waals surface area contributed by atoms with Gasteiger partial charge in [-0.3, -0.25) is 0 Å². The molecule has 0 bridgehead atoms. The molecule has 2 aromatic carbocycles. The van der Waals surface area contributed by atoms with Crippen molar-refractivity contribution in [3.05, 3.63) is 71.8 Å². The Morgan fingerprint density at radius 3 is 2.00 bits per heavy atom. The molecule has 17 heavy (non-hydrogen) atoms. The van der Waals surface area contributed by atoms with E-state index in [2.05, 4.69) is 36.4 Å². The van der Waals surface area contributed by atoms with Crippen molar-refractivity contribution in [3.8, 4) is 0 Å². The molecule has 1 heterocycles. The molecule has 0 atom stereocenters. The van der Waals surface area contributed by atoms with E-state index in [1.165, 1.54) is 10.5 Å². The van der Waals surface area contributed by atoms with Gasteiger partial charge in [0.05, 0.1) is 4.91 Å². The lowest BCUT2D eigenvalue weighted by Crippen LogP contribution is -1.86. The van der Waals surface area contributed by atoms with Gasteiger partial charge in [-0.05, 0) is 5.56 Å². The second-order valence-corrected chi connectivity index (χ2v) is 4.73. The van der Waals surface area contributed by atoms with Crippen LogP contribution in [0, 0.1) is 0 Å².